The van der Waals surface area contributed by atoms with Crippen LogP contribution in [0.25, 0.3) is 0 Å². The summed E-state index contributed by atoms with van der Waals surface area (Å²) in [6.07, 6.45) is 1.68. The second kappa shape index (κ2) is 9.22. The topological polar surface area (TPSA) is 58.1 Å². The highest BCUT2D eigenvalue weighted by atomic mass is 35.5. The first kappa shape index (κ1) is 20.3. The molecule has 154 valence electrons. The number of halogens is 2. The van der Waals surface area contributed by atoms with Crippen LogP contribution in [0.15, 0.2) is 66.7 Å². The van der Waals surface area contributed by atoms with E-state index in [0.717, 1.165) is 36.3 Å². The van der Waals surface area contributed by atoms with Gasteiger partial charge in [-0.05, 0) is 48.2 Å². The number of amides is 1. The molecule has 2 aromatic carbocycles. The zero-order valence-electron chi connectivity index (χ0n) is 16.3. The van der Waals surface area contributed by atoms with E-state index in [1.54, 1.807) is 18.2 Å². The van der Waals surface area contributed by atoms with Crippen molar-refractivity contribution in [3.05, 3.63) is 88.8 Å². The Bertz CT molecular complexity index is 982. The van der Waals surface area contributed by atoms with Crippen molar-refractivity contribution in [3.63, 3.8) is 0 Å². The summed E-state index contributed by atoms with van der Waals surface area (Å²) in [7, 11) is 0. The van der Waals surface area contributed by atoms with E-state index in [9.17, 15) is 9.18 Å². The minimum Gasteiger partial charge on any atom is -0.354 e. The molecule has 30 heavy (non-hydrogen) atoms. The monoisotopic (exact) mass is 424 g/mol. The number of nitrogens with zero attached hydrogens (tertiary/aromatic N) is 3. The number of hydrogen-bond acceptors (Lipinski definition) is 4. The Balaban J connectivity index is 1.52. The fourth-order valence-electron chi connectivity index (χ4n) is 3.80. The molecule has 2 heterocycles. The van der Waals surface area contributed by atoms with Gasteiger partial charge in [-0.3, -0.25) is 4.79 Å². The van der Waals surface area contributed by atoms with Crippen LogP contribution in [0.2, 0.25) is 5.15 Å². The van der Waals surface area contributed by atoms with Crippen molar-refractivity contribution in [2.45, 2.75) is 18.9 Å². The lowest BCUT2D eigenvalue weighted by molar-refractivity contribution is -0.125. The van der Waals surface area contributed by atoms with Gasteiger partial charge in [-0.15, -0.1) is 10.2 Å². The van der Waals surface area contributed by atoms with Gasteiger partial charge in [0.15, 0.2) is 11.0 Å². The van der Waals surface area contributed by atoms with Crippen LogP contribution in [0.1, 0.15) is 30.0 Å². The predicted octanol–water partition coefficient (Wildman–Crippen LogP) is 4.39. The normalized spacial score (nSPS) is 17.4. The standard InChI is InChI=1S/C23H22ClFN4O/c24-20-12-13-21(28-27-20)29-14-4-7-18(15-29)23(30)26-22(16-5-2-1-3-6-16)17-8-10-19(25)11-9-17/h1-3,5-6,8-13,18,22H,4,7,14-15H2,(H,26,30)/t18-,22-/m1/s1. The first-order chi connectivity index (χ1) is 14.6. The van der Waals surface area contributed by atoms with Gasteiger partial charge in [-0.1, -0.05) is 54.1 Å². The molecule has 0 spiro atoms. The molecule has 0 unspecified atom stereocenters. The third kappa shape index (κ3) is 4.76. The molecule has 3 aromatic rings. The third-order valence-electron chi connectivity index (χ3n) is 5.36. The number of carbonyl (C=O) groups excluding carboxylic acids is 1. The van der Waals surface area contributed by atoms with Gasteiger partial charge in [0.25, 0.3) is 0 Å². The van der Waals surface area contributed by atoms with Gasteiger partial charge in [0.2, 0.25) is 5.91 Å². The van der Waals surface area contributed by atoms with E-state index in [1.807, 2.05) is 36.4 Å². The average molecular weight is 425 g/mol. The Hall–Kier alpha value is -2.99. The zero-order valence-corrected chi connectivity index (χ0v) is 17.1. The van der Waals surface area contributed by atoms with E-state index < -0.39 is 0 Å². The Kier molecular flexibility index (Phi) is 6.23. The number of benzene rings is 2. The van der Waals surface area contributed by atoms with Crippen molar-refractivity contribution < 1.29 is 9.18 Å². The minimum absolute atomic E-state index is 0.0280. The number of hydrogen-bond donors (Lipinski definition) is 1. The molecule has 0 radical (unpaired) electrons. The summed E-state index contributed by atoms with van der Waals surface area (Å²) in [6, 6.07) is 19.2. The van der Waals surface area contributed by atoms with E-state index in [0.29, 0.717) is 11.7 Å². The highest BCUT2D eigenvalue weighted by Crippen LogP contribution is 2.26. The molecule has 4 rings (SSSR count). The van der Waals surface area contributed by atoms with Gasteiger partial charge in [-0.25, -0.2) is 4.39 Å². The Morgan fingerprint density at radius 1 is 1.03 bits per heavy atom. The van der Waals surface area contributed by atoms with Gasteiger partial charge >= 0.3 is 0 Å². The average Bonchev–Trinajstić information content (AvgIpc) is 2.79. The highest BCUT2D eigenvalue weighted by molar-refractivity contribution is 6.29. The molecule has 1 N–H and O–H groups in total. The minimum atomic E-state index is -0.343. The molecule has 1 aliphatic heterocycles. The van der Waals surface area contributed by atoms with E-state index in [4.69, 9.17) is 11.6 Å². The fraction of sp³-hybridized carbons (Fsp3) is 0.261. The predicted molar refractivity (Wildman–Crippen MR) is 115 cm³/mol. The number of carbonyl (C=O) groups is 1. The van der Waals surface area contributed by atoms with Crippen molar-refractivity contribution in [1.82, 2.24) is 15.5 Å². The van der Waals surface area contributed by atoms with Gasteiger partial charge in [0.05, 0.1) is 12.0 Å². The number of aromatic nitrogens is 2. The van der Waals surface area contributed by atoms with Crippen LogP contribution in [0.5, 0.6) is 0 Å². The summed E-state index contributed by atoms with van der Waals surface area (Å²) >= 11 is 5.83. The molecule has 1 saturated heterocycles. The molecule has 1 aromatic heterocycles. The number of rotatable bonds is 5. The summed E-state index contributed by atoms with van der Waals surface area (Å²) in [5.41, 5.74) is 1.79. The largest absolute Gasteiger partial charge is 0.354 e. The lowest BCUT2D eigenvalue weighted by Gasteiger charge is -2.33. The summed E-state index contributed by atoms with van der Waals surface area (Å²) in [4.78, 5) is 15.2. The van der Waals surface area contributed by atoms with E-state index >= 15 is 0 Å². The van der Waals surface area contributed by atoms with Crippen molar-refractivity contribution in [2.75, 3.05) is 18.0 Å². The summed E-state index contributed by atoms with van der Waals surface area (Å²) in [6.45, 7) is 1.38. The Labute approximate surface area is 179 Å². The summed E-state index contributed by atoms with van der Waals surface area (Å²) < 4.78 is 13.4. The third-order valence-corrected chi connectivity index (χ3v) is 5.56. The van der Waals surface area contributed by atoms with Gasteiger partial charge in [0, 0.05) is 13.1 Å². The lowest BCUT2D eigenvalue weighted by atomic mass is 9.94. The molecule has 2 atom stereocenters. The van der Waals surface area contributed by atoms with Gasteiger partial charge in [-0.2, -0.15) is 0 Å². The van der Waals surface area contributed by atoms with Crippen LogP contribution in [0.3, 0.4) is 0 Å². The second-order valence-corrected chi connectivity index (χ2v) is 7.79. The van der Waals surface area contributed by atoms with E-state index in [2.05, 4.69) is 20.4 Å². The van der Waals surface area contributed by atoms with Crippen LogP contribution < -0.4 is 10.2 Å². The summed E-state index contributed by atoms with van der Waals surface area (Å²) in [5.74, 6) is 0.210. The maximum Gasteiger partial charge on any atom is 0.225 e. The van der Waals surface area contributed by atoms with Crippen molar-refractivity contribution in [2.24, 2.45) is 5.92 Å². The molecule has 1 amide bonds. The van der Waals surface area contributed by atoms with E-state index in [-0.39, 0.29) is 23.7 Å². The van der Waals surface area contributed by atoms with Crippen molar-refractivity contribution >= 4 is 23.3 Å². The lowest BCUT2D eigenvalue weighted by Crippen LogP contribution is -2.44. The zero-order chi connectivity index (χ0) is 20.9. The SMILES string of the molecule is O=C(N[C@H](c1ccccc1)c1ccc(F)cc1)[C@@H]1CCCN(c2ccc(Cl)nn2)C1. The molecular formula is C23H22ClFN4O. The molecular weight excluding hydrogens is 403 g/mol. The van der Waals surface area contributed by atoms with E-state index in [1.165, 1.54) is 12.1 Å². The molecule has 5 nitrogen and oxygen atoms in total. The number of nitrogens with one attached hydrogen (secondary N) is 1. The molecule has 7 heteroatoms. The molecule has 0 bridgehead atoms. The smallest absolute Gasteiger partial charge is 0.225 e. The number of piperidine rings is 1. The van der Waals surface area contributed by atoms with Crippen molar-refractivity contribution in [3.8, 4) is 0 Å². The first-order valence-electron chi connectivity index (χ1n) is 9.95. The Morgan fingerprint density at radius 3 is 2.47 bits per heavy atom. The Morgan fingerprint density at radius 2 is 1.77 bits per heavy atom. The molecule has 0 aliphatic carbocycles. The van der Waals surface area contributed by atoms with Crippen LogP contribution in [-0.4, -0.2) is 29.2 Å². The van der Waals surface area contributed by atoms with Gasteiger partial charge < -0.3 is 10.2 Å². The number of anilines is 1. The second-order valence-electron chi connectivity index (χ2n) is 7.40. The highest BCUT2D eigenvalue weighted by Gasteiger charge is 2.29. The fourth-order valence-corrected chi connectivity index (χ4v) is 3.90. The summed E-state index contributed by atoms with van der Waals surface area (Å²) in [5, 5.41) is 11.6. The van der Waals surface area contributed by atoms with Gasteiger partial charge in [0.1, 0.15) is 5.82 Å². The van der Waals surface area contributed by atoms with Crippen molar-refractivity contribution in [1.29, 1.82) is 0 Å². The van der Waals surface area contributed by atoms with Crippen LogP contribution in [-0.2, 0) is 4.79 Å². The van der Waals surface area contributed by atoms with Crippen LogP contribution >= 0.6 is 11.6 Å². The quantitative estimate of drug-likeness (QED) is 0.659. The first-order valence-corrected chi connectivity index (χ1v) is 10.3. The van der Waals surface area contributed by atoms with Crippen LogP contribution in [0.4, 0.5) is 10.2 Å². The van der Waals surface area contributed by atoms with Crippen LogP contribution in [0, 0.1) is 11.7 Å². The molecule has 1 aliphatic rings. The molecule has 0 saturated carbocycles. The molecule has 1 fully saturated rings. The maximum atomic E-state index is 13.4. The maximum absolute atomic E-state index is 13.4.